The lowest BCUT2D eigenvalue weighted by Crippen LogP contribution is -2.37. The molecule has 1 aliphatic heterocycles. The molecule has 0 atom stereocenters. The van der Waals surface area contributed by atoms with Crippen LogP contribution in [0.25, 0.3) is 11.2 Å². The first-order chi connectivity index (χ1) is 14.9. The first-order valence-electron chi connectivity index (χ1n) is 10.7. The second-order valence-electron chi connectivity index (χ2n) is 8.27. The van der Waals surface area contributed by atoms with Gasteiger partial charge in [-0.05, 0) is 50.2 Å². The Bertz CT molecular complexity index is 1160. The Hall–Kier alpha value is -2.42. The molecular weight excluding hydrogens is 416 g/mol. The van der Waals surface area contributed by atoms with Crippen molar-refractivity contribution in [3.63, 3.8) is 0 Å². The first-order valence-corrected chi connectivity index (χ1v) is 11.1. The Morgan fingerprint density at radius 1 is 0.935 bits per heavy atom. The van der Waals surface area contributed by atoms with Gasteiger partial charge >= 0.3 is 5.69 Å². The zero-order valence-corrected chi connectivity index (χ0v) is 18.9. The van der Waals surface area contributed by atoms with Gasteiger partial charge in [0.25, 0.3) is 5.56 Å². The number of hydrogen-bond acceptors (Lipinski definition) is 5. The van der Waals surface area contributed by atoms with Crippen molar-refractivity contribution >= 4 is 22.8 Å². The smallest absolute Gasteiger partial charge is 0.325 e. The van der Waals surface area contributed by atoms with Crippen molar-refractivity contribution in [2.24, 2.45) is 14.1 Å². The molecule has 8 nitrogen and oxygen atoms in total. The van der Waals surface area contributed by atoms with Crippen LogP contribution in [-0.4, -0.2) is 61.2 Å². The van der Waals surface area contributed by atoms with E-state index in [4.69, 9.17) is 11.6 Å². The van der Waals surface area contributed by atoms with Crippen molar-refractivity contribution < 1.29 is 0 Å². The maximum Gasteiger partial charge on any atom is 0.332 e. The average Bonchev–Trinajstić information content (AvgIpc) is 3.06. The van der Waals surface area contributed by atoms with Crippen molar-refractivity contribution in [2.75, 3.05) is 32.7 Å². The molecule has 0 unspecified atom stereocenters. The molecule has 1 aromatic carbocycles. The Kier molecular flexibility index (Phi) is 6.60. The highest BCUT2D eigenvalue weighted by molar-refractivity contribution is 6.30. The molecule has 166 valence electrons. The van der Waals surface area contributed by atoms with Gasteiger partial charge in [0.2, 0.25) is 0 Å². The summed E-state index contributed by atoms with van der Waals surface area (Å²) in [5, 5.41) is 0.775. The third-order valence-corrected chi connectivity index (χ3v) is 6.34. The molecule has 0 saturated carbocycles. The van der Waals surface area contributed by atoms with E-state index in [1.165, 1.54) is 17.2 Å². The van der Waals surface area contributed by atoms with E-state index < -0.39 is 0 Å². The van der Waals surface area contributed by atoms with Gasteiger partial charge in [0.05, 0.1) is 6.33 Å². The SMILES string of the molecule is Cn1c(=O)c2c(ncn2CCCN2CCCN(Cc3ccc(Cl)cc3)CC2)n(C)c1=O. The molecule has 4 rings (SSSR count). The molecule has 2 aromatic heterocycles. The number of rotatable bonds is 6. The van der Waals surface area contributed by atoms with E-state index in [-0.39, 0.29) is 11.2 Å². The lowest BCUT2D eigenvalue weighted by Gasteiger charge is -2.22. The molecule has 3 heterocycles. The van der Waals surface area contributed by atoms with Gasteiger partial charge in [-0.15, -0.1) is 0 Å². The molecule has 0 radical (unpaired) electrons. The highest BCUT2D eigenvalue weighted by atomic mass is 35.5. The summed E-state index contributed by atoms with van der Waals surface area (Å²) in [4.78, 5) is 33.9. The summed E-state index contributed by atoms with van der Waals surface area (Å²) in [6.07, 6.45) is 3.74. The van der Waals surface area contributed by atoms with Crippen LogP contribution in [0.2, 0.25) is 5.02 Å². The minimum Gasteiger partial charge on any atom is -0.325 e. The maximum absolute atomic E-state index is 12.6. The van der Waals surface area contributed by atoms with Crippen LogP contribution in [0.15, 0.2) is 40.2 Å². The summed E-state index contributed by atoms with van der Waals surface area (Å²) in [7, 11) is 3.16. The monoisotopic (exact) mass is 444 g/mol. The standard InChI is InChI=1S/C22H29ClN6O2/c1-25-20-19(21(30)26(2)22(25)31)29(16-24-20)12-4-10-27-9-3-11-28(14-13-27)15-17-5-7-18(23)8-6-17/h5-8,16H,3-4,9-15H2,1-2H3. The van der Waals surface area contributed by atoms with Crippen molar-refractivity contribution in [3.8, 4) is 0 Å². The summed E-state index contributed by atoms with van der Waals surface area (Å²) in [6.45, 7) is 6.88. The van der Waals surface area contributed by atoms with Gasteiger partial charge in [-0.25, -0.2) is 9.78 Å². The molecule has 0 aliphatic carbocycles. The van der Waals surface area contributed by atoms with Gasteiger partial charge in [-0.1, -0.05) is 23.7 Å². The number of aryl methyl sites for hydroxylation is 2. The van der Waals surface area contributed by atoms with E-state index in [0.29, 0.717) is 17.7 Å². The molecule has 31 heavy (non-hydrogen) atoms. The largest absolute Gasteiger partial charge is 0.332 e. The Morgan fingerprint density at radius 2 is 1.65 bits per heavy atom. The van der Waals surface area contributed by atoms with Gasteiger partial charge < -0.3 is 9.47 Å². The molecular formula is C22H29ClN6O2. The average molecular weight is 445 g/mol. The number of nitrogens with zero attached hydrogens (tertiary/aromatic N) is 6. The van der Waals surface area contributed by atoms with Gasteiger partial charge in [0, 0.05) is 45.3 Å². The van der Waals surface area contributed by atoms with E-state index in [1.54, 1.807) is 13.4 Å². The van der Waals surface area contributed by atoms with Crippen molar-refractivity contribution in [3.05, 3.63) is 62.0 Å². The number of benzene rings is 1. The van der Waals surface area contributed by atoms with E-state index in [2.05, 4.69) is 26.9 Å². The summed E-state index contributed by atoms with van der Waals surface area (Å²) >= 11 is 5.99. The Balaban J connectivity index is 1.33. The zero-order chi connectivity index (χ0) is 22.0. The molecule has 0 bridgehead atoms. The number of hydrogen-bond donors (Lipinski definition) is 0. The highest BCUT2D eigenvalue weighted by Gasteiger charge is 2.16. The number of aromatic nitrogens is 4. The number of imidazole rings is 1. The van der Waals surface area contributed by atoms with Gasteiger partial charge in [-0.3, -0.25) is 18.8 Å². The van der Waals surface area contributed by atoms with Crippen LogP contribution in [0, 0.1) is 0 Å². The first kappa shape index (κ1) is 21.8. The predicted octanol–water partition coefficient (Wildman–Crippen LogP) is 1.69. The van der Waals surface area contributed by atoms with Crippen LogP contribution >= 0.6 is 11.6 Å². The number of halogens is 1. The minimum atomic E-state index is -0.351. The van der Waals surface area contributed by atoms with Gasteiger partial charge in [-0.2, -0.15) is 0 Å². The van der Waals surface area contributed by atoms with Crippen LogP contribution in [0.4, 0.5) is 0 Å². The van der Waals surface area contributed by atoms with E-state index in [9.17, 15) is 9.59 Å². The third kappa shape index (κ3) is 4.76. The highest BCUT2D eigenvalue weighted by Crippen LogP contribution is 2.13. The molecule has 3 aromatic rings. The maximum atomic E-state index is 12.6. The normalized spacial score (nSPS) is 16.1. The topological polar surface area (TPSA) is 68.3 Å². The fraction of sp³-hybridized carbons (Fsp3) is 0.500. The second-order valence-corrected chi connectivity index (χ2v) is 8.70. The third-order valence-electron chi connectivity index (χ3n) is 6.09. The van der Waals surface area contributed by atoms with Crippen LogP contribution in [0.1, 0.15) is 18.4 Å². The van der Waals surface area contributed by atoms with Crippen LogP contribution in [-0.2, 0) is 27.2 Å². The van der Waals surface area contributed by atoms with Crippen molar-refractivity contribution in [1.82, 2.24) is 28.5 Å². The van der Waals surface area contributed by atoms with Crippen LogP contribution in [0.5, 0.6) is 0 Å². The Labute approximate surface area is 186 Å². The molecule has 0 N–H and O–H groups in total. The van der Waals surface area contributed by atoms with Gasteiger partial charge in [0.15, 0.2) is 11.2 Å². The summed E-state index contributed by atoms with van der Waals surface area (Å²) in [5.74, 6) is 0. The second kappa shape index (κ2) is 9.38. The molecule has 0 spiro atoms. The number of fused-ring (bicyclic) bond motifs is 1. The van der Waals surface area contributed by atoms with E-state index >= 15 is 0 Å². The lowest BCUT2D eigenvalue weighted by atomic mass is 10.2. The summed E-state index contributed by atoms with van der Waals surface area (Å²) in [5.41, 5.74) is 1.59. The van der Waals surface area contributed by atoms with E-state index in [0.717, 1.165) is 61.7 Å². The Morgan fingerprint density at radius 3 is 2.42 bits per heavy atom. The van der Waals surface area contributed by atoms with E-state index in [1.807, 2.05) is 16.7 Å². The minimum absolute atomic E-state index is 0.289. The molecule has 0 amide bonds. The van der Waals surface area contributed by atoms with Crippen LogP contribution in [0.3, 0.4) is 0 Å². The van der Waals surface area contributed by atoms with Crippen molar-refractivity contribution in [2.45, 2.75) is 25.9 Å². The predicted molar refractivity (Wildman–Crippen MR) is 123 cm³/mol. The summed E-state index contributed by atoms with van der Waals surface area (Å²) < 4.78 is 4.45. The molecule has 1 saturated heterocycles. The fourth-order valence-corrected chi connectivity index (χ4v) is 4.41. The molecule has 9 heteroatoms. The fourth-order valence-electron chi connectivity index (χ4n) is 4.29. The molecule has 1 aliphatic rings. The van der Waals surface area contributed by atoms with Gasteiger partial charge in [0.1, 0.15) is 0 Å². The quantitative estimate of drug-likeness (QED) is 0.578. The molecule has 1 fully saturated rings. The zero-order valence-electron chi connectivity index (χ0n) is 18.1. The lowest BCUT2D eigenvalue weighted by molar-refractivity contribution is 0.248. The van der Waals surface area contributed by atoms with Crippen LogP contribution < -0.4 is 11.2 Å². The van der Waals surface area contributed by atoms with Crippen molar-refractivity contribution in [1.29, 1.82) is 0 Å². The summed E-state index contributed by atoms with van der Waals surface area (Å²) in [6, 6.07) is 8.10.